The van der Waals surface area contributed by atoms with E-state index < -0.39 is 21.7 Å². The number of aryl methyl sites for hydroxylation is 1. The second-order valence-electron chi connectivity index (χ2n) is 19.1. The summed E-state index contributed by atoms with van der Waals surface area (Å²) in [5, 5.41) is 20.2. The number of carbonyl (C=O) groups excluding carboxylic acids is 2. The molecule has 2 aromatic carbocycles. The van der Waals surface area contributed by atoms with Crippen molar-refractivity contribution in [3.05, 3.63) is 139 Å². The Balaban J connectivity index is 1.92. The van der Waals surface area contributed by atoms with Crippen LogP contribution < -0.4 is 0 Å². The number of hydrogen-bond acceptors (Lipinski definition) is 7. The molecule has 2 aliphatic rings. The molecule has 0 saturated carbocycles. The maximum absolute atomic E-state index is 14.1. The van der Waals surface area contributed by atoms with Gasteiger partial charge in [0.25, 0.3) is 0 Å². The summed E-state index contributed by atoms with van der Waals surface area (Å²) < 4.78 is 7.00. The van der Waals surface area contributed by atoms with Gasteiger partial charge in [-0.3, -0.25) is 9.59 Å². The van der Waals surface area contributed by atoms with E-state index in [9.17, 15) is 9.59 Å². The fourth-order valence-electron chi connectivity index (χ4n) is 6.74. The standard InChI is InChI=1S/C49H56Cl2N4O3/c1-14-17-29-26-40(41(54-52-34-20-15-18-32(50)27-34)30-22-36(46(2,3)4)43(56)37(23-30)47(5,6)7)58-45(29)42(55-53-35-21-16-19-33(51)28-35)31-24-38(48(8,9)10)44(57)39(25-31)49(11,12)13/h15-16,18-28H,14,17H2,1-13H3/b54-52+,55-53+. The third kappa shape index (κ3) is 10.3. The zero-order valence-corrected chi connectivity index (χ0v) is 37.7. The monoisotopic (exact) mass is 818 g/mol. The zero-order chi connectivity index (χ0) is 43.0. The number of azo groups is 2. The molecule has 304 valence electrons. The highest BCUT2D eigenvalue weighted by Crippen LogP contribution is 2.45. The average molecular weight is 820 g/mol. The lowest BCUT2D eigenvalue weighted by molar-refractivity contribution is -0.114. The van der Waals surface area contributed by atoms with Crippen molar-refractivity contribution in [3.63, 3.8) is 0 Å². The first kappa shape index (κ1) is 44.4. The van der Waals surface area contributed by atoms with Crippen molar-refractivity contribution >= 4 is 57.5 Å². The molecule has 0 fully saturated rings. The van der Waals surface area contributed by atoms with Gasteiger partial charge in [0.15, 0.2) is 23.1 Å². The number of nitrogens with zero attached hydrogens (tertiary/aromatic N) is 4. The number of allylic oxidation sites excluding steroid dienone is 10. The highest BCUT2D eigenvalue weighted by molar-refractivity contribution is 6.31. The van der Waals surface area contributed by atoms with Crippen LogP contribution in [-0.4, -0.2) is 11.6 Å². The van der Waals surface area contributed by atoms with Crippen molar-refractivity contribution in [3.8, 4) is 0 Å². The zero-order valence-electron chi connectivity index (χ0n) is 36.2. The molecule has 0 N–H and O–H groups in total. The molecule has 3 aromatic rings. The van der Waals surface area contributed by atoms with Gasteiger partial charge in [-0.25, -0.2) is 0 Å². The lowest BCUT2D eigenvalue weighted by atomic mass is 9.71. The van der Waals surface area contributed by atoms with E-state index in [4.69, 9.17) is 37.8 Å². The molecular formula is C49H56Cl2N4O3. The average Bonchev–Trinajstić information content (AvgIpc) is 3.50. The summed E-state index contributed by atoms with van der Waals surface area (Å²) in [6.45, 7) is 26.6. The summed E-state index contributed by atoms with van der Waals surface area (Å²) in [4.78, 5) is 28.1. The van der Waals surface area contributed by atoms with Gasteiger partial charge < -0.3 is 4.42 Å². The van der Waals surface area contributed by atoms with E-state index in [-0.39, 0.29) is 11.6 Å². The Morgan fingerprint density at radius 3 is 1.31 bits per heavy atom. The third-order valence-corrected chi connectivity index (χ3v) is 10.4. The van der Waals surface area contributed by atoms with Gasteiger partial charge >= 0.3 is 0 Å². The smallest absolute Gasteiger partial charge is 0.186 e. The predicted molar refractivity (Wildman–Crippen MR) is 239 cm³/mol. The van der Waals surface area contributed by atoms with E-state index in [0.717, 1.165) is 12.0 Å². The van der Waals surface area contributed by atoms with E-state index >= 15 is 0 Å². The Labute approximate surface area is 354 Å². The molecule has 1 heterocycles. The van der Waals surface area contributed by atoms with Crippen molar-refractivity contribution in [2.75, 3.05) is 0 Å². The van der Waals surface area contributed by atoms with E-state index in [1.165, 1.54) is 0 Å². The predicted octanol–water partition coefficient (Wildman–Crippen LogP) is 15.6. The normalized spacial score (nSPS) is 15.9. The number of rotatable bonds is 8. The van der Waals surface area contributed by atoms with Gasteiger partial charge in [0.05, 0.1) is 11.4 Å². The van der Waals surface area contributed by atoms with Crippen molar-refractivity contribution < 1.29 is 14.0 Å². The van der Waals surface area contributed by atoms with Gasteiger partial charge in [-0.15, -0.1) is 10.2 Å². The quantitative estimate of drug-likeness (QED) is 0.212. The summed E-state index contributed by atoms with van der Waals surface area (Å²) in [6, 6.07) is 16.3. The van der Waals surface area contributed by atoms with Crippen LogP contribution in [0.3, 0.4) is 0 Å². The van der Waals surface area contributed by atoms with E-state index in [2.05, 4.69) is 17.2 Å². The molecule has 9 heteroatoms. The van der Waals surface area contributed by atoms with Crippen LogP contribution >= 0.6 is 23.2 Å². The van der Waals surface area contributed by atoms with Crippen molar-refractivity contribution in [2.45, 2.75) is 103 Å². The van der Waals surface area contributed by atoms with Crippen LogP contribution in [0.4, 0.5) is 11.4 Å². The first-order valence-electron chi connectivity index (χ1n) is 19.8. The summed E-state index contributed by atoms with van der Waals surface area (Å²) in [6.07, 6.45) is 9.11. The highest BCUT2D eigenvalue weighted by Gasteiger charge is 2.37. The molecular weight excluding hydrogens is 763 g/mol. The number of Topliss-reactive ketones (excluding diaryl/α,β-unsaturated/α-hetero) is 2. The number of carbonyl (C=O) groups is 2. The van der Waals surface area contributed by atoms with Gasteiger partial charge in [-0.2, -0.15) is 10.2 Å². The SMILES string of the molecule is CCCc1cc(C(/N=N/c2cccc(Cl)c2)=C2C=C(C(C)(C)C)C(=O)C(C(C)(C)C)=C2)oc1C(/N=N/c1cccc(Cl)c1)=C1C=C(C(C)(C)C)C(=O)C(C(C)(C)C)=C1. The fourth-order valence-corrected chi connectivity index (χ4v) is 7.11. The second kappa shape index (κ2) is 16.9. The molecule has 2 aliphatic carbocycles. The third-order valence-electron chi connectivity index (χ3n) is 9.88. The van der Waals surface area contributed by atoms with Crippen molar-refractivity contribution in [1.82, 2.24) is 0 Å². The molecule has 0 amide bonds. The Morgan fingerprint density at radius 1 is 0.569 bits per heavy atom. The topological polar surface area (TPSA) is 96.7 Å². The highest BCUT2D eigenvalue weighted by atomic mass is 35.5. The molecule has 0 radical (unpaired) electrons. The first-order chi connectivity index (χ1) is 26.9. The van der Waals surface area contributed by atoms with Crippen LogP contribution in [0.15, 0.2) is 137 Å². The van der Waals surface area contributed by atoms with E-state index in [1.807, 2.05) is 138 Å². The van der Waals surface area contributed by atoms with Crippen LogP contribution in [0.25, 0.3) is 11.4 Å². The minimum absolute atomic E-state index is 0.00450. The minimum Gasteiger partial charge on any atom is -0.452 e. The van der Waals surface area contributed by atoms with Gasteiger partial charge in [0, 0.05) is 49.0 Å². The maximum Gasteiger partial charge on any atom is 0.186 e. The number of ketones is 2. The molecule has 7 nitrogen and oxygen atoms in total. The summed E-state index contributed by atoms with van der Waals surface area (Å²) >= 11 is 12.7. The van der Waals surface area contributed by atoms with Gasteiger partial charge in [-0.1, -0.05) is 132 Å². The molecule has 0 aliphatic heterocycles. The van der Waals surface area contributed by atoms with Gasteiger partial charge in [0.2, 0.25) is 0 Å². The van der Waals surface area contributed by atoms with Crippen LogP contribution in [-0.2, 0) is 16.0 Å². The van der Waals surface area contributed by atoms with Gasteiger partial charge in [0.1, 0.15) is 11.4 Å². The maximum atomic E-state index is 14.1. The molecule has 0 saturated heterocycles. The Hall–Kier alpha value is -4.72. The van der Waals surface area contributed by atoms with Crippen LogP contribution in [0.1, 0.15) is 114 Å². The Morgan fingerprint density at radius 2 is 0.948 bits per heavy atom. The number of furan rings is 1. The van der Waals surface area contributed by atoms with Crippen molar-refractivity contribution in [2.24, 2.45) is 42.1 Å². The number of halogens is 2. The molecule has 0 bridgehead atoms. The van der Waals surface area contributed by atoms with Crippen molar-refractivity contribution in [1.29, 1.82) is 0 Å². The molecule has 1 aromatic heterocycles. The molecule has 0 atom stereocenters. The second-order valence-corrected chi connectivity index (χ2v) is 19.9. The minimum atomic E-state index is -0.464. The van der Waals surface area contributed by atoms with Gasteiger partial charge in [-0.05, 0) is 94.8 Å². The molecule has 5 rings (SSSR count). The molecule has 0 spiro atoms. The Bertz CT molecular complexity index is 2310. The molecule has 0 unspecified atom stereocenters. The number of benzene rings is 2. The van der Waals surface area contributed by atoms with Crippen LogP contribution in [0.5, 0.6) is 0 Å². The summed E-state index contributed by atoms with van der Waals surface area (Å²) in [5.41, 5.74) is 5.07. The van der Waals surface area contributed by atoms with E-state index in [0.29, 0.717) is 84.2 Å². The van der Waals surface area contributed by atoms with E-state index in [1.54, 1.807) is 24.3 Å². The number of hydrogen-bond donors (Lipinski definition) is 0. The fraction of sp³-hybridized carbons (Fsp3) is 0.388. The Kier molecular flexibility index (Phi) is 12.9. The van der Waals surface area contributed by atoms with Crippen LogP contribution in [0.2, 0.25) is 10.0 Å². The largest absolute Gasteiger partial charge is 0.452 e. The summed E-state index contributed by atoms with van der Waals surface area (Å²) in [7, 11) is 0. The molecule has 58 heavy (non-hydrogen) atoms. The first-order valence-corrected chi connectivity index (χ1v) is 20.6. The van der Waals surface area contributed by atoms with Crippen LogP contribution in [0, 0.1) is 21.7 Å². The summed E-state index contributed by atoms with van der Waals surface area (Å²) in [5.74, 6) is 0.936. The lowest BCUT2D eigenvalue weighted by Gasteiger charge is -2.31. The lowest BCUT2D eigenvalue weighted by Crippen LogP contribution is -2.28.